The van der Waals surface area contributed by atoms with E-state index in [1.807, 2.05) is 66.9 Å². The maximum Gasteiger partial charge on any atom is 0.250 e. The van der Waals surface area contributed by atoms with Gasteiger partial charge in [0.05, 0.1) is 16.4 Å². The highest BCUT2D eigenvalue weighted by Gasteiger charge is 2.17. The van der Waals surface area contributed by atoms with E-state index in [1.54, 1.807) is 12.1 Å². The number of aromatic nitrogens is 3. The van der Waals surface area contributed by atoms with Crippen LogP contribution < -0.4 is 5.43 Å². The van der Waals surface area contributed by atoms with E-state index in [2.05, 4.69) is 52.6 Å². The quantitative estimate of drug-likeness (QED) is 0.151. The zero-order valence-electron chi connectivity index (χ0n) is 18.9. The summed E-state index contributed by atoms with van der Waals surface area (Å²) in [4.78, 5) is 12.4. The molecule has 0 bridgehead atoms. The summed E-state index contributed by atoms with van der Waals surface area (Å²) < 4.78 is 3.24. The van der Waals surface area contributed by atoms with Crippen LogP contribution in [0.3, 0.4) is 0 Å². The summed E-state index contributed by atoms with van der Waals surface area (Å²) in [7, 11) is 0. The molecule has 35 heavy (non-hydrogen) atoms. The molecule has 7 nitrogen and oxygen atoms in total. The van der Waals surface area contributed by atoms with Crippen molar-refractivity contribution in [1.82, 2.24) is 20.2 Å². The number of benzene rings is 3. The highest BCUT2D eigenvalue weighted by Crippen LogP contribution is 2.31. The molecule has 0 saturated carbocycles. The van der Waals surface area contributed by atoms with Gasteiger partial charge in [-0.15, -0.1) is 10.2 Å². The number of phenolic OH excluding ortho intramolecular Hbond substituents is 1. The molecule has 1 aromatic heterocycles. The molecule has 1 heterocycles. The number of amides is 1. The molecule has 0 aliphatic rings. The van der Waals surface area contributed by atoms with Crippen LogP contribution in [0.25, 0.3) is 17.1 Å². The van der Waals surface area contributed by atoms with Gasteiger partial charge in [0.2, 0.25) is 0 Å². The van der Waals surface area contributed by atoms with Crippen LogP contribution in [0.15, 0.2) is 79.9 Å². The van der Waals surface area contributed by atoms with Crippen molar-refractivity contribution in [1.29, 1.82) is 0 Å². The second kappa shape index (κ2) is 11.2. The predicted molar refractivity (Wildman–Crippen MR) is 146 cm³/mol. The number of halogens is 2. The van der Waals surface area contributed by atoms with Crippen LogP contribution in [-0.2, 0) is 4.79 Å². The van der Waals surface area contributed by atoms with E-state index in [9.17, 15) is 9.90 Å². The smallest absolute Gasteiger partial charge is 0.250 e. The molecule has 0 atom stereocenters. The van der Waals surface area contributed by atoms with Gasteiger partial charge in [0.25, 0.3) is 5.91 Å². The van der Waals surface area contributed by atoms with Crippen molar-refractivity contribution in [3.8, 4) is 22.8 Å². The largest absolute Gasteiger partial charge is 0.506 e. The monoisotopic (exact) mass is 613 g/mol. The van der Waals surface area contributed by atoms with Gasteiger partial charge < -0.3 is 5.11 Å². The summed E-state index contributed by atoms with van der Waals surface area (Å²) >= 11 is 7.90. The summed E-state index contributed by atoms with van der Waals surface area (Å²) in [5, 5.41) is 23.4. The standard InChI is InChI=1S/C25H21Br2N5O2S/c1-15-3-7-17(8-4-15)24-30-31-25(32(24)20-9-5-16(2)6-10-20)35-14-22(33)29-28-13-18-11-19(26)12-21(27)23(18)34/h3-13,34H,14H2,1-2H3,(H,29,33)/b28-13-. The number of aryl methyl sites for hydroxylation is 2. The third-order valence-electron chi connectivity index (χ3n) is 5.02. The zero-order valence-corrected chi connectivity index (χ0v) is 22.9. The van der Waals surface area contributed by atoms with Gasteiger partial charge in [0.1, 0.15) is 5.75 Å². The van der Waals surface area contributed by atoms with Crippen molar-refractivity contribution in [3.05, 3.63) is 86.3 Å². The van der Waals surface area contributed by atoms with Crippen molar-refractivity contribution in [3.63, 3.8) is 0 Å². The third-order valence-corrected chi connectivity index (χ3v) is 7.01. The Hall–Kier alpha value is -2.95. The molecule has 3 aromatic carbocycles. The fraction of sp³-hybridized carbons (Fsp3) is 0.120. The molecule has 4 aromatic rings. The zero-order chi connectivity index (χ0) is 24.9. The van der Waals surface area contributed by atoms with E-state index in [4.69, 9.17) is 0 Å². The Kier molecular flexibility index (Phi) is 8.04. The number of hydrazone groups is 1. The first-order chi connectivity index (χ1) is 16.8. The molecule has 0 aliphatic carbocycles. The number of hydrogen-bond donors (Lipinski definition) is 2. The minimum atomic E-state index is -0.310. The van der Waals surface area contributed by atoms with Gasteiger partial charge in [-0.2, -0.15) is 5.10 Å². The Bertz CT molecular complexity index is 1390. The predicted octanol–water partition coefficient (Wildman–Crippen LogP) is 6.02. The van der Waals surface area contributed by atoms with E-state index in [1.165, 1.54) is 18.0 Å². The fourth-order valence-electron chi connectivity index (χ4n) is 3.20. The molecule has 1 amide bonds. The first kappa shape index (κ1) is 25.2. The number of phenols is 1. The van der Waals surface area contributed by atoms with Crippen LogP contribution in [0.2, 0.25) is 0 Å². The van der Waals surface area contributed by atoms with E-state index in [-0.39, 0.29) is 17.4 Å². The summed E-state index contributed by atoms with van der Waals surface area (Å²) in [5.41, 5.74) is 7.10. The number of carbonyl (C=O) groups excluding carboxylic acids is 1. The average Bonchev–Trinajstić information content (AvgIpc) is 3.25. The highest BCUT2D eigenvalue weighted by molar-refractivity contribution is 9.11. The molecule has 0 aliphatic heterocycles. The Morgan fingerprint density at radius 1 is 1.06 bits per heavy atom. The molecule has 0 fully saturated rings. The SMILES string of the molecule is Cc1ccc(-c2nnc(SCC(=O)N/N=C\c3cc(Br)cc(Br)c3O)n2-c2ccc(C)cc2)cc1. The van der Waals surface area contributed by atoms with Gasteiger partial charge in [0, 0.05) is 21.3 Å². The Labute approximate surface area is 223 Å². The summed E-state index contributed by atoms with van der Waals surface area (Å²) in [6.45, 7) is 4.07. The minimum absolute atomic E-state index is 0.0374. The van der Waals surface area contributed by atoms with Gasteiger partial charge >= 0.3 is 0 Å². The lowest BCUT2D eigenvalue weighted by Gasteiger charge is -2.11. The molecular formula is C25H21Br2N5O2S. The lowest BCUT2D eigenvalue weighted by atomic mass is 10.1. The maximum atomic E-state index is 12.4. The number of hydrogen-bond acceptors (Lipinski definition) is 6. The van der Waals surface area contributed by atoms with Crippen molar-refractivity contribution in [2.24, 2.45) is 5.10 Å². The number of nitrogens with one attached hydrogen (secondary N) is 1. The molecule has 0 radical (unpaired) electrons. The number of rotatable bonds is 7. The van der Waals surface area contributed by atoms with Crippen molar-refractivity contribution < 1.29 is 9.90 Å². The van der Waals surface area contributed by atoms with Crippen LogP contribution in [0.1, 0.15) is 16.7 Å². The molecule has 10 heteroatoms. The summed E-state index contributed by atoms with van der Waals surface area (Å²) in [5.74, 6) is 0.514. The lowest BCUT2D eigenvalue weighted by Crippen LogP contribution is -2.20. The van der Waals surface area contributed by atoms with E-state index in [0.717, 1.165) is 26.9 Å². The van der Waals surface area contributed by atoms with E-state index < -0.39 is 0 Å². The highest BCUT2D eigenvalue weighted by atomic mass is 79.9. The normalized spacial score (nSPS) is 11.2. The van der Waals surface area contributed by atoms with Crippen molar-refractivity contribution >= 4 is 55.7 Å². The van der Waals surface area contributed by atoms with Gasteiger partial charge in [-0.1, -0.05) is 75.2 Å². The summed E-state index contributed by atoms with van der Waals surface area (Å²) in [6, 6.07) is 19.6. The molecular weight excluding hydrogens is 594 g/mol. The molecule has 0 spiro atoms. The van der Waals surface area contributed by atoms with Crippen LogP contribution in [-0.4, -0.2) is 37.7 Å². The Balaban J connectivity index is 1.51. The van der Waals surface area contributed by atoms with Crippen molar-refractivity contribution in [2.45, 2.75) is 19.0 Å². The van der Waals surface area contributed by atoms with Crippen LogP contribution >= 0.6 is 43.6 Å². The van der Waals surface area contributed by atoms with E-state index >= 15 is 0 Å². The number of thioether (sulfide) groups is 1. The summed E-state index contributed by atoms with van der Waals surface area (Å²) in [6.07, 6.45) is 1.39. The van der Waals surface area contributed by atoms with Gasteiger partial charge in [-0.3, -0.25) is 9.36 Å². The first-order valence-corrected chi connectivity index (χ1v) is 13.1. The minimum Gasteiger partial charge on any atom is -0.506 e. The Morgan fingerprint density at radius 2 is 1.71 bits per heavy atom. The molecule has 0 saturated heterocycles. The average molecular weight is 615 g/mol. The second-order valence-corrected chi connectivity index (χ2v) is 10.5. The topological polar surface area (TPSA) is 92.4 Å². The van der Waals surface area contributed by atoms with Gasteiger partial charge in [0.15, 0.2) is 11.0 Å². The van der Waals surface area contributed by atoms with Crippen LogP contribution in [0.5, 0.6) is 5.75 Å². The lowest BCUT2D eigenvalue weighted by molar-refractivity contribution is -0.118. The van der Waals surface area contributed by atoms with Crippen LogP contribution in [0, 0.1) is 13.8 Å². The molecule has 2 N–H and O–H groups in total. The third kappa shape index (κ3) is 6.19. The number of aromatic hydroxyl groups is 1. The van der Waals surface area contributed by atoms with Crippen LogP contribution in [0.4, 0.5) is 0 Å². The van der Waals surface area contributed by atoms with Crippen molar-refractivity contribution in [2.75, 3.05) is 5.75 Å². The molecule has 0 unspecified atom stereocenters. The fourth-order valence-corrected chi connectivity index (χ4v) is 5.20. The van der Waals surface area contributed by atoms with Gasteiger partial charge in [-0.25, -0.2) is 5.43 Å². The number of carbonyl (C=O) groups is 1. The first-order valence-electron chi connectivity index (χ1n) is 10.5. The molecule has 4 rings (SSSR count). The second-order valence-electron chi connectivity index (χ2n) is 7.75. The Morgan fingerprint density at radius 3 is 2.40 bits per heavy atom. The maximum absolute atomic E-state index is 12.4. The number of nitrogens with zero attached hydrogens (tertiary/aromatic N) is 4. The molecule has 178 valence electrons. The van der Waals surface area contributed by atoms with E-state index in [0.29, 0.717) is 21.0 Å². The van der Waals surface area contributed by atoms with Gasteiger partial charge in [-0.05, 0) is 54.0 Å².